The fourth-order valence-electron chi connectivity index (χ4n) is 2.86. The summed E-state index contributed by atoms with van der Waals surface area (Å²) in [5.41, 5.74) is 0.969. The van der Waals surface area contributed by atoms with Crippen LogP contribution in [0.15, 0.2) is 42.7 Å². The number of hydrogen-bond acceptors (Lipinski definition) is 5. The van der Waals surface area contributed by atoms with Gasteiger partial charge in [-0.05, 0) is 31.5 Å². The molecule has 0 amide bonds. The first-order valence-electron chi connectivity index (χ1n) is 7.73. The van der Waals surface area contributed by atoms with Gasteiger partial charge in [-0.15, -0.1) is 0 Å². The Hall–Kier alpha value is -1.98. The van der Waals surface area contributed by atoms with Gasteiger partial charge in [-0.1, -0.05) is 18.2 Å². The second-order valence-corrected chi connectivity index (χ2v) is 5.56. The Kier molecular flexibility index (Phi) is 4.98. The van der Waals surface area contributed by atoms with Crippen molar-refractivity contribution in [1.29, 1.82) is 0 Å². The van der Waals surface area contributed by atoms with Crippen LogP contribution in [0.4, 0.5) is 0 Å². The minimum absolute atomic E-state index is 0.204. The quantitative estimate of drug-likeness (QED) is 0.919. The highest BCUT2D eigenvalue weighted by Crippen LogP contribution is 2.27. The molecule has 0 bridgehead atoms. The summed E-state index contributed by atoms with van der Waals surface area (Å²) in [5, 5.41) is 9.09. The molecule has 1 fully saturated rings. The Morgan fingerprint density at radius 1 is 1.23 bits per heavy atom. The van der Waals surface area contributed by atoms with Crippen LogP contribution in [0.2, 0.25) is 0 Å². The summed E-state index contributed by atoms with van der Waals surface area (Å²) in [4.78, 5) is 11.2. The maximum atomic E-state index is 9.09. The topological polar surface area (TPSA) is 58.5 Å². The lowest BCUT2D eigenvalue weighted by Gasteiger charge is -2.31. The minimum atomic E-state index is 0.204. The van der Waals surface area contributed by atoms with Gasteiger partial charge >= 0.3 is 0 Å². The molecule has 0 spiro atoms. The van der Waals surface area contributed by atoms with Gasteiger partial charge in [-0.2, -0.15) is 0 Å². The molecule has 5 heteroatoms. The number of aliphatic hydroxyl groups is 1. The van der Waals surface area contributed by atoms with E-state index in [0.717, 1.165) is 43.9 Å². The van der Waals surface area contributed by atoms with Crippen molar-refractivity contribution in [3.05, 3.63) is 48.4 Å². The number of rotatable bonds is 5. The van der Waals surface area contributed by atoms with Crippen LogP contribution in [-0.2, 0) is 0 Å². The van der Waals surface area contributed by atoms with Crippen LogP contribution in [0.5, 0.6) is 11.6 Å². The average molecular weight is 299 g/mol. The molecule has 1 aromatic heterocycles. The van der Waals surface area contributed by atoms with Crippen LogP contribution < -0.4 is 4.74 Å². The van der Waals surface area contributed by atoms with Gasteiger partial charge in [-0.3, -0.25) is 4.98 Å². The number of piperidine rings is 1. The molecule has 0 radical (unpaired) electrons. The number of aliphatic hydroxyl groups excluding tert-OH is 1. The number of hydrogen-bond donors (Lipinski definition) is 1. The van der Waals surface area contributed by atoms with E-state index in [1.54, 1.807) is 6.20 Å². The van der Waals surface area contributed by atoms with E-state index < -0.39 is 0 Å². The third kappa shape index (κ3) is 3.81. The highest BCUT2D eigenvalue weighted by molar-refractivity contribution is 5.26. The van der Waals surface area contributed by atoms with Crippen molar-refractivity contribution >= 4 is 0 Å². The van der Waals surface area contributed by atoms with Gasteiger partial charge in [0.2, 0.25) is 5.88 Å². The van der Waals surface area contributed by atoms with Gasteiger partial charge in [0.1, 0.15) is 5.75 Å². The summed E-state index contributed by atoms with van der Waals surface area (Å²) in [6.07, 6.45) is 5.69. The lowest BCUT2D eigenvalue weighted by molar-refractivity contribution is 0.160. The van der Waals surface area contributed by atoms with Crippen LogP contribution in [-0.4, -0.2) is 46.2 Å². The SMILES string of the molecule is OCCN1CCC[C@@H](c2cncc(Oc3ccccc3)n2)C1. The number of ether oxygens (including phenoxy) is 1. The van der Waals surface area contributed by atoms with Gasteiger partial charge in [-0.25, -0.2) is 4.98 Å². The summed E-state index contributed by atoms with van der Waals surface area (Å²) in [7, 11) is 0. The summed E-state index contributed by atoms with van der Waals surface area (Å²) in [6.45, 7) is 2.90. The van der Waals surface area contributed by atoms with E-state index in [4.69, 9.17) is 9.84 Å². The lowest BCUT2D eigenvalue weighted by atomic mass is 9.95. The maximum absolute atomic E-state index is 9.09. The zero-order valence-corrected chi connectivity index (χ0v) is 12.6. The van der Waals surface area contributed by atoms with Crippen molar-refractivity contribution in [2.75, 3.05) is 26.2 Å². The van der Waals surface area contributed by atoms with Crippen LogP contribution >= 0.6 is 0 Å². The second kappa shape index (κ2) is 7.33. The molecule has 22 heavy (non-hydrogen) atoms. The Morgan fingerprint density at radius 3 is 2.91 bits per heavy atom. The second-order valence-electron chi connectivity index (χ2n) is 5.56. The van der Waals surface area contributed by atoms with Gasteiger partial charge < -0.3 is 14.7 Å². The third-order valence-electron chi connectivity index (χ3n) is 3.94. The molecular formula is C17H21N3O2. The predicted molar refractivity (Wildman–Crippen MR) is 84.0 cm³/mol. The summed E-state index contributed by atoms with van der Waals surface area (Å²) >= 11 is 0. The van der Waals surface area contributed by atoms with E-state index in [0.29, 0.717) is 11.8 Å². The molecule has 1 aliphatic rings. The molecule has 1 aromatic carbocycles. The van der Waals surface area contributed by atoms with E-state index in [9.17, 15) is 0 Å². The van der Waals surface area contributed by atoms with Gasteiger partial charge in [0.15, 0.2) is 0 Å². The largest absolute Gasteiger partial charge is 0.437 e. The highest BCUT2D eigenvalue weighted by Gasteiger charge is 2.22. The van der Waals surface area contributed by atoms with Crippen molar-refractivity contribution < 1.29 is 9.84 Å². The number of para-hydroxylation sites is 1. The van der Waals surface area contributed by atoms with Gasteiger partial charge in [0, 0.05) is 25.2 Å². The molecule has 1 atom stereocenters. The minimum Gasteiger partial charge on any atom is -0.437 e. The number of β-amino-alcohol motifs (C(OH)–C–C–N with tert-alkyl or cyclic N) is 1. The molecule has 1 saturated heterocycles. The molecule has 0 aliphatic carbocycles. The predicted octanol–water partition coefficient (Wildman–Crippen LogP) is 2.44. The monoisotopic (exact) mass is 299 g/mol. The lowest BCUT2D eigenvalue weighted by Crippen LogP contribution is -2.36. The van der Waals surface area contributed by atoms with Crippen molar-refractivity contribution in [2.24, 2.45) is 0 Å². The zero-order chi connectivity index (χ0) is 15.2. The number of aromatic nitrogens is 2. The molecule has 5 nitrogen and oxygen atoms in total. The number of benzene rings is 1. The Balaban J connectivity index is 1.70. The van der Waals surface area contributed by atoms with Crippen LogP contribution in [0, 0.1) is 0 Å². The summed E-state index contributed by atoms with van der Waals surface area (Å²) < 4.78 is 5.76. The smallest absolute Gasteiger partial charge is 0.238 e. The first-order valence-corrected chi connectivity index (χ1v) is 7.73. The average Bonchev–Trinajstić information content (AvgIpc) is 2.57. The molecule has 3 rings (SSSR count). The Bertz CT molecular complexity index is 589. The summed E-state index contributed by atoms with van der Waals surface area (Å²) in [6, 6.07) is 9.61. The Morgan fingerprint density at radius 2 is 2.09 bits per heavy atom. The zero-order valence-electron chi connectivity index (χ0n) is 12.6. The number of nitrogens with zero attached hydrogens (tertiary/aromatic N) is 3. The molecule has 0 saturated carbocycles. The van der Waals surface area contributed by atoms with Crippen molar-refractivity contribution in [2.45, 2.75) is 18.8 Å². The van der Waals surface area contributed by atoms with Crippen molar-refractivity contribution in [1.82, 2.24) is 14.9 Å². The molecule has 0 unspecified atom stereocenters. The molecule has 116 valence electrons. The van der Waals surface area contributed by atoms with E-state index in [2.05, 4.69) is 14.9 Å². The first kappa shape index (κ1) is 14.9. The fourth-order valence-corrected chi connectivity index (χ4v) is 2.86. The molecular weight excluding hydrogens is 278 g/mol. The van der Waals surface area contributed by atoms with E-state index in [-0.39, 0.29) is 6.61 Å². The maximum Gasteiger partial charge on any atom is 0.238 e. The standard InChI is InChI=1S/C17H21N3O2/c21-10-9-20-8-4-5-14(13-20)16-11-18-12-17(19-16)22-15-6-2-1-3-7-15/h1-3,6-7,11-12,14,21H,4-5,8-10,13H2/t14-/m1/s1. The summed E-state index contributed by atoms with van der Waals surface area (Å²) in [5.74, 6) is 1.65. The molecule has 2 aromatic rings. The van der Waals surface area contributed by atoms with Crippen LogP contribution in [0.1, 0.15) is 24.5 Å². The Labute approximate surface area is 130 Å². The van der Waals surface area contributed by atoms with Crippen molar-refractivity contribution in [3.63, 3.8) is 0 Å². The molecule has 1 N–H and O–H groups in total. The van der Waals surface area contributed by atoms with Gasteiger partial charge in [0.05, 0.1) is 18.5 Å². The normalized spacial score (nSPS) is 19.0. The highest BCUT2D eigenvalue weighted by atomic mass is 16.5. The van der Waals surface area contributed by atoms with Crippen molar-refractivity contribution in [3.8, 4) is 11.6 Å². The third-order valence-corrected chi connectivity index (χ3v) is 3.94. The molecule has 1 aliphatic heterocycles. The first-order chi connectivity index (χ1) is 10.8. The van der Waals surface area contributed by atoms with Gasteiger partial charge in [0.25, 0.3) is 0 Å². The molecule has 2 heterocycles. The van der Waals surface area contributed by atoms with E-state index in [1.807, 2.05) is 36.5 Å². The fraction of sp³-hybridized carbons (Fsp3) is 0.412. The van der Waals surface area contributed by atoms with E-state index >= 15 is 0 Å². The van der Waals surface area contributed by atoms with E-state index in [1.165, 1.54) is 0 Å². The number of likely N-dealkylation sites (tertiary alicyclic amines) is 1. The van der Waals surface area contributed by atoms with Crippen LogP contribution in [0.25, 0.3) is 0 Å². The van der Waals surface area contributed by atoms with Crippen LogP contribution in [0.3, 0.4) is 0 Å².